The van der Waals surface area contributed by atoms with Crippen molar-refractivity contribution in [3.8, 4) is 0 Å². The number of aromatic nitrogens is 3. The van der Waals surface area contributed by atoms with Gasteiger partial charge in [-0.2, -0.15) is 11.8 Å². The van der Waals surface area contributed by atoms with Gasteiger partial charge in [-0.15, -0.1) is 0 Å². The lowest BCUT2D eigenvalue weighted by molar-refractivity contribution is -0.145. The van der Waals surface area contributed by atoms with Crippen molar-refractivity contribution in [1.29, 1.82) is 0 Å². The second kappa shape index (κ2) is 10.4. The van der Waals surface area contributed by atoms with Crippen molar-refractivity contribution in [1.82, 2.24) is 14.5 Å². The highest BCUT2D eigenvalue weighted by atomic mass is 32.2. The van der Waals surface area contributed by atoms with Gasteiger partial charge in [-0.25, -0.2) is 9.97 Å². The fourth-order valence-corrected chi connectivity index (χ4v) is 4.34. The quantitative estimate of drug-likeness (QED) is 0.302. The van der Waals surface area contributed by atoms with Gasteiger partial charge < -0.3 is 35.7 Å². The first-order chi connectivity index (χ1) is 14.4. The third-order valence-corrected chi connectivity index (χ3v) is 6.14. The second-order valence-corrected chi connectivity index (χ2v) is 8.41. The fourth-order valence-electron chi connectivity index (χ4n) is 3.24. The number of aliphatic hydroxyl groups excluding tert-OH is 2. The van der Waals surface area contributed by atoms with E-state index in [2.05, 4.69) is 9.97 Å². The van der Waals surface area contributed by atoms with Gasteiger partial charge in [-0.3, -0.25) is 4.79 Å². The molecule has 30 heavy (non-hydrogen) atoms. The van der Waals surface area contributed by atoms with Gasteiger partial charge in [-0.1, -0.05) is 13.3 Å². The zero-order chi connectivity index (χ0) is 21.7. The maximum absolute atomic E-state index is 11.8. The summed E-state index contributed by atoms with van der Waals surface area (Å²) in [7, 11) is 0. The lowest BCUT2D eigenvalue weighted by Crippen LogP contribution is -2.34. The Labute approximate surface area is 178 Å². The molecule has 0 radical (unpaired) electrons. The first-order valence-corrected chi connectivity index (χ1v) is 11.2. The Morgan fingerprint density at radius 3 is 2.97 bits per heavy atom. The van der Waals surface area contributed by atoms with Gasteiger partial charge in [0.2, 0.25) is 0 Å². The number of carbonyl (C=O) groups is 1. The summed E-state index contributed by atoms with van der Waals surface area (Å²) < 4.78 is 12.7. The van der Waals surface area contributed by atoms with Crippen molar-refractivity contribution < 1.29 is 24.5 Å². The molecule has 1 aliphatic rings. The van der Waals surface area contributed by atoms with Crippen LogP contribution >= 0.6 is 11.8 Å². The van der Waals surface area contributed by atoms with Crippen molar-refractivity contribution in [2.45, 2.75) is 56.8 Å². The Morgan fingerprint density at radius 1 is 1.40 bits per heavy atom. The molecule has 0 aromatic carbocycles. The molecule has 0 saturated carbocycles. The molecule has 2 aromatic heterocycles. The van der Waals surface area contributed by atoms with Crippen LogP contribution in [-0.2, 0) is 14.3 Å². The van der Waals surface area contributed by atoms with Gasteiger partial charge in [0.15, 0.2) is 6.23 Å². The van der Waals surface area contributed by atoms with Gasteiger partial charge in [-0.05, 0) is 24.7 Å². The van der Waals surface area contributed by atoms with E-state index < -0.39 is 36.6 Å². The van der Waals surface area contributed by atoms with E-state index in [0.717, 1.165) is 12.8 Å². The number of hydrogen-bond acceptors (Lipinski definition) is 10. The largest absolute Gasteiger partial charge is 0.465 e. The number of nitrogens with two attached hydrogens (primary N) is 2. The zero-order valence-electron chi connectivity index (χ0n) is 16.9. The highest BCUT2D eigenvalue weighted by Crippen LogP contribution is 2.34. The smallest absolute Gasteiger partial charge is 0.322 e. The van der Waals surface area contributed by atoms with E-state index in [-0.39, 0.29) is 0 Å². The van der Waals surface area contributed by atoms with Crippen molar-refractivity contribution in [2.24, 2.45) is 5.73 Å². The Kier molecular flexibility index (Phi) is 7.89. The number of ether oxygens (including phenoxy) is 2. The predicted molar refractivity (Wildman–Crippen MR) is 114 cm³/mol. The van der Waals surface area contributed by atoms with Crippen LogP contribution in [0.25, 0.3) is 11.0 Å². The van der Waals surface area contributed by atoms with Gasteiger partial charge in [0, 0.05) is 11.9 Å². The SMILES string of the molecule is CCCCOC(=O)[C@@H](N)CCSC[C@H]1O[C@@H](n2ccc3c(N)ncnc32)[C@H](O)[C@@H]1O. The normalized spacial score (nSPS) is 24.9. The maximum atomic E-state index is 11.8. The third kappa shape index (κ3) is 5.03. The summed E-state index contributed by atoms with van der Waals surface area (Å²) >= 11 is 1.50. The Bertz CT molecular complexity index is 850. The van der Waals surface area contributed by atoms with Crippen LogP contribution in [0.1, 0.15) is 32.4 Å². The Balaban J connectivity index is 1.50. The molecular formula is C19H29N5O5S. The van der Waals surface area contributed by atoms with Crippen LogP contribution in [0.5, 0.6) is 0 Å². The molecule has 3 rings (SSSR count). The van der Waals surface area contributed by atoms with Crippen molar-refractivity contribution in [3.05, 3.63) is 18.6 Å². The molecule has 0 unspecified atom stereocenters. The van der Waals surface area contributed by atoms with E-state index in [1.807, 2.05) is 6.92 Å². The molecule has 1 saturated heterocycles. The lowest BCUT2D eigenvalue weighted by atomic mass is 10.1. The number of thioether (sulfide) groups is 1. The van der Waals surface area contributed by atoms with Crippen LogP contribution in [0.2, 0.25) is 0 Å². The molecule has 1 fully saturated rings. The summed E-state index contributed by atoms with van der Waals surface area (Å²) in [5, 5.41) is 21.6. The minimum absolute atomic E-state index is 0.337. The first-order valence-electron chi connectivity index (χ1n) is 10.0. The van der Waals surface area contributed by atoms with Gasteiger partial charge in [0.05, 0.1) is 18.1 Å². The van der Waals surface area contributed by atoms with Gasteiger partial charge >= 0.3 is 5.97 Å². The number of carbonyl (C=O) groups excluding carboxylic acids is 1. The summed E-state index contributed by atoms with van der Waals surface area (Å²) in [6.45, 7) is 2.41. The topological polar surface area (TPSA) is 159 Å². The molecule has 0 spiro atoms. The van der Waals surface area contributed by atoms with Crippen molar-refractivity contribution in [2.75, 3.05) is 23.8 Å². The second-order valence-electron chi connectivity index (χ2n) is 7.26. The summed E-state index contributed by atoms with van der Waals surface area (Å²) in [6.07, 6.45) is 1.77. The highest BCUT2D eigenvalue weighted by Gasteiger charge is 2.43. The van der Waals surface area contributed by atoms with Crippen LogP contribution in [0, 0.1) is 0 Å². The van der Waals surface area contributed by atoms with E-state index in [1.54, 1.807) is 16.8 Å². The van der Waals surface area contributed by atoms with E-state index in [0.29, 0.717) is 41.4 Å². The molecule has 0 amide bonds. The zero-order valence-corrected chi connectivity index (χ0v) is 17.7. The summed E-state index contributed by atoms with van der Waals surface area (Å²) in [5.74, 6) is 0.997. The molecule has 5 atom stereocenters. The van der Waals surface area contributed by atoms with Gasteiger partial charge in [0.25, 0.3) is 0 Å². The Hall–Kier alpha value is -1.92. The average molecular weight is 440 g/mol. The van der Waals surface area contributed by atoms with Crippen LogP contribution < -0.4 is 11.5 Å². The standard InChI is InChI=1S/C19H29N5O5S/c1-2-3-7-28-19(27)12(20)5-8-30-9-13-14(25)15(26)18(29-13)24-6-4-11-16(21)22-10-23-17(11)24/h4,6,10,12-15,18,25-26H,2-3,5,7-9,20H2,1H3,(H2,21,22,23)/t12-,13+,14+,15+,18+/m0/s1. The summed E-state index contributed by atoms with van der Waals surface area (Å²) in [4.78, 5) is 19.9. The van der Waals surface area contributed by atoms with E-state index >= 15 is 0 Å². The monoisotopic (exact) mass is 439 g/mol. The average Bonchev–Trinajstić information content (AvgIpc) is 3.28. The number of nitrogens with zero attached hydrogens (tertiary/aromatic N) is 3. The number of aliphatic hydroxyl groups is 2. The number of nitrogen functional groups attached to an aromatic ring is 1. The van der Waals surface area contributed by atoms with Crippen LogP contribution in [0.15, 0.2) is 18.6 Å². The lowest BCUT2D eigenvalue weighted by Gasteiger charge is -2.17. The fraction of sp³-hybridized carbons (Fsp3) is 0.632. The molecular weight excluding hydrogens is 410 g/mol. The third-order valence-electron chi connectivity index (χ3n) is 5.05. The minimum Gasteiger partial charge on any atom is -0.465 e. The molecule has 10 nitrogen and oxygen atoms in total. The van der Waals surface area contributed by atoms with Gasteiger partial charge in [0.1, 0.15) is 36.0 Å². The number of rotatable bonds is 10. The highest BCUT2D eigenvalue weighted by molar-refractivity contribution is 7.99. The van der Waals surface area contributed by atoms with Crippen molar-refractivity contribution in [3.63, 3.8) is 0 Å². The van der Waals surface area contributed by atoms with E-state index in [9.17, 15) is 15.0 Å². The number of fused-ring (bicyclic) bond motifs is 1. The van der Waals surface area contributed by atoms with Crippen LogP contribution in [-0.4, -0.2) is 73.2 Å². The number of unbranched alkanes of at least 4 members (excludes halogenated alkanes) is 1. The first kappa shape index (κ1) is 22.8. The Morgan fingerprint density at radius 2 is 2.20 bits per heavy atom. The van der Waals surface area contributed by atoms with E-state index in [1.165, 1.54) is 18.1 Å². The number of hydrogen-bond donors (Lipinski definition) is 4. The summed E-state index contributed by atoms with van der Waals surface area (Å²) in [6, 6.07) is 1.08. The van der Waals surface area contributed by atoms with Crippen LogP contribution in [0.3, 0.4) is 0 Å². The maximum Gasteiger partial charge on any atom is 0.322 e. The molecule has 0 aliphatic carbocycles. The minimum atomic E-state index is -1.11. The number of esters is 1. The molecule has 6 N–H and O–H groups in total. The molecule has 2 aromatic rings. The molecule has 0 bridgehead atoms. The number of anilines is 1. The van der Waals surface area contributed by atoms with E-state index in [4.69, 9.17) is 20.9 Å². The molecule has 3 heterocycles. The van der Waals surface area contributed by atoms with Crippen LogP contribution in [0.4, 0.5) is 5.82 Å². The predicted octanol–water partition coefficient (Wildman–Crippen LogP) is 0.427. The van der Waals surface area contributed by atoms with Crippen molar-refractivity contribution >= 4 is 34.6 Å². The summed E-state index contributed by atoms with van der Waals surface area (Å²) in [5.41, 5.74) is 12.2. The molecule has 11 heteroatoms. The molecule has 166 valence electrons. The molecule has 1 aliphatic heterocycles.